The normalized spacial score (nSPS) is 10.7. The number of fused-ring (bicyclic) bond motifs is 1. The molecule has 100 valence electrons. The second-order valence-corrected chi connectivity index (χ2v) is 4.65. The number of hydrogen-bond acceptors (Lipinski definition) is 4. The average Bonchev–Trinajstić information content (AvgIpc) is 2.46. The number of halogens is 1. The summed E-state index contributed by atoms with van der Waals surface area (Å²) in [4.78, 5) is 16.1. The van der Waals surface area contributed by atoms with Crippen LogP contribution < -0.4 is 10.4 Å². The Balaban J connectivity index is 2.24. The molecule has 3 aromatic rings. The van der Waals surface area contributed by atoms with Crippen molar-refractivity contribution in [3.63, 3.8) is 0 Å². The Morgan fingerprint density at radius 1 is 1.25 bits per heavy atom. The highest BCUT2D eigenvalue weighted by Gasteiger charge is 2.09. The number of pyridine rings is 1. The van der Waals surface area contributed by atoms with E-state index in [1.807, 2.05) is 0 Å². The smallest absolute Gasteiger partial charge is 0.345 e. The van der Waals surface area contributed by atoms with Gasteiger partial charge in [-0.05, 0) is 30.3 Å². The van der Waals surface area contributed by atoms with Crippen LogP contribution in [-0.4, -0.2) is 12.1 Å². The van der Waals surface area contributed by atoms with Crippen molar-refractivity contribution in [1.29, 1.82) is 0 Å². The van der Waals surface area contributed by atoms with Crippen LogP contribution in [0.3, 0.4) is 0 Å². The topological polar surface area (TPSA) is 52.3 Å². The van der Waals surface area contributed by atoms with Crippen molar-refractivity contribution in [2.24, 2.45) is 0 Å². The number of aromatic nitrogens is 1. The number of methoxy groups -OCH3 is 1. The molecule has 0 spiro atoms. The molecule has 0 fully saturated rings. The Hall–Kier alpha value is -2.33. The van der Waals surface area contributed by atoms with Gasteiger partial charge in [0, 0.05) is 22.8 Å². The molecule has 0 bridgehead atoms. The average molecular weight is 288 g/mol. The standard InChI is InChI=1S/C15H10ClNO3/c1-19-11-6-9(5-10(16)7-11)14-8-13-12(15(18)20-14)3-2-4-17-13/h2-8H,1H3. The van der Waals surface area contributed by atoms with Gasteiger partial charge in [0.05, 0.1) is 18.0 Å². The van der Waals surface area contributed by atoms with Gasteiger partial charge >= 0.3 is 5.63 Å². The van der Waals surface area contributed by atoms with E-state index >= 15 is 0 Å². The van der Waals surface area contributed by atoms with Crippen molar-refractivity contribution in [3.05, 3.63) is 58.0 Å². The van der Waals surface area contributed by atoms with E-state index in [4.69, 9.17) is 20.8 Å². The summed E-state index contributed by atoms with van der Waals surface area (Å²) in [7, 11) is 1.55. The van der Waals surface area contributed by atoms with Gasteiger partial charge in [0.25, 0.3) is 0 Å². The third kappa shape index (κ3) is 2.26. The molecule has 0 saturated carbocycles. The fourth-order valence-electron chi connectivity index (χ4n) is 1.98. The van der Waals surface area contributed by atoms with Crippen LogP contribution in [0.15, 0.2) is 51.8 Å². The van der Waals surface area contributed by atoms with Gasteiger partial charge in [0.15, 0.2) is 0 Å². The Kier molecular flexibility index (Phi) is 3.16. The molecule has 0 aliphatic heterocycles. The van der Waals surface area contributed by atoms with Crippen molar-refractivity contribution >= 4 is 22.5 Å². The van der Waals surface area contributed by atoms with E-state index in [2.05, 4.69) is 4.98 Å². The first-order valence-electron chi connectivity index (χ1n) is 5.91. The van der Waals surface area contributed by atoms with E-state index in [9.17, 15) is 4.79 Å². The summed E-state index contributed by atoms with van der Waals surface area (Å²) in [5, 5.41) is 0.952. The maximum atomic E-state index is 11.9. The summed E-state index contributed by atoms with van der Waals surface area (Å²) in [5.74, 6) is 0.998. The molecular formula is C15H10ClNO3. The fourth-order valence-corrected chi connectivity index (χ4v) is 2.20. The molecular weight excluding hydrogens is 278 g/mol. The molecule has 0 radical (unpaired) electrons. The summed E-state index contributed by atoms with van der Waals surface area (Å²) in [6.07, 6.45) is 1.63. The van der Waals surface area contributed by atoms with Gasteiger partial charge in [-0.15, -0.1) is 0 Å². The van der Waals surface area contributed by atoms with Gasteiger partial charge in [0.1, 0.15) is 11.5 Å². The predicted molar refractivity (Wildman–Crippen MR) is 77.3 cm³/mol. The van der Waals surface area contributed by atoms with Crippen LogP contribution in [0.1, 0.15) is 0 Å². The van der Waals surface area contributed by atoms with Crippen molar-refractivity contribution in [3.8, 4) is 17.1 Å². The lowest BCUT2D eigenvalue weighted by atomic mass is 10.1. The van der Waals surface area contributed by atoms with Crippen molar-refractivity contribution < 1.29 is 9.15 Å². The number of nitrogens with zero attached hydrogens (tertiary/aromatic N) is 1. The molecule has 1 aromatic carbocycles. The minimum Gasteiger partial charge on any atom is -0.497 e. The number of rotatable bonds is 2. The molecule has 0 aliphatic carbocycles. The largest absolute Gasteiger partial charge is 0.497 e. The van der Waals surface area contributed by atoms with E-state index < -0.39 is 5.63 Å². The molecule has 0 amide bonds. The number of ether oxygens (including phenoxy) is 1. The first kappa shape index (κ1) is 12.7. The van der Waals surface area contributed by atoms with Crippen molar-refractivity contribution in [1.82, 2.24) is 4.98 Å². The molecule has 0 aliphatic rings. The Labute approximate surface area is 119 Å². The predicted octanol–water partition coefficient (Wildman–Crippen LogP) is 3.52. The van der Waals surface area contributed by atoms with Crippen LogP contribution in [-0.2, 0) is 0 Å². The van der Waals surface area contributed by atoms with E-state index in [-0.39, 0.29) is 0 Å². The lowest BCUT2D eigenvalue weighted by Gasteiger charge is -2.05. The van der Waals surface area contributed by atoms with Crippen LogP contribution in [0, 0.1) is 0 Å². The summed E-state index contributed by atoms with van der Waals surface area (Å²) in [6, 6.07) is 10.2. The highest BCUT2D eigenvalue weighted by atomic mass is 35.5. The zero-order valence-corrected chi connectivity index (χ0v) is 11.3. The van der Waals surface area contributed by atoms with Crippen molar-refractivity contribution in [2.75, 3.05) is 7.11 Å². The lowest BCUT2D eigenvalue weighted by molar-refractivity contribution is 0.414. The summed E-state index contributed by atoms with van der Waals surface area (Å²) in [5.41, 5.74) is 0.821. The summed E-state index contributed by atoms with van der Waals surface area (Å²) < 4.78 is 10.5. The molecule has 2 heterocycles. The number of hydrogen-bond donors (Lipinski definition) is 0. The van der Waals surface area contributed by atoms with Gasteiger partial charge < -0.3 is 9.15 Å². The molecule has 20 heavy (non-hydrogen) atoms. The molecule has 2 aromatic heterocycles. The molecule has 0 unspecified atom stereocenters. The van der Waals surface area contributed by atoms with Crippen molar-refractivity contribution in [2.45, 2.75) is 0 Å². The monoisotopic (exact) mass is 287 g/mol. The maximum Gasteiger partial charge on any atom is 0.345 e. The van der Waals surface area contributed by atoms with Gasteiger partial charge in [-0.2, -0.15) is 0 Å². The third-order valence-corrected chi connectivity index (χ3v) is 3.14. The van der Waals surface area contributed by atoms with E-state index in [1.165, 1.54) is 0 Å². The second-order valence-electron chi connectivity index (χ2n) is 4.21. The highest BCUT2D eigenvalue weighted by molar-refractivity contribution is 6.31. The van der Waals surface area contributed by atoms with Crippen LogP contribution in [0.25, 0.3) is 22.2 Å². The van der Waals surface area contributed by atoms with E-state index in [0.29, 0.717) is 33.0 Å². The van der Waals surface area contributed by atoms with Crippen LogP contribution in [0.4, 0.5) is 0 Å². The molecule has 0 atom stereocenters. The van der Waals surface area contributed by atoms with Gasteiger partial charge in [0.2, 0.25) is 0 Å². The zero-order valence-electron chi connectivity index (χ0n) is 10.6. The Morgan fingerprint density at radius 2 is 2.10 bits per heavy atom. The van der Waals surface area contributed by atoms with Gasteiger partial charge in [-0.25, -0.2) is 4.79 Å². The van der Waals surface area contributed by atoms with E-state index in [1.54, 1.807) is 49.7 Å². The summed E-state index contributed by atoms with van der Waals surface area (Å²) >= 11 is 6.02. The summed E-state index contributed by atoms with van der Waals surface area (Å²) in [6.45, 7) is 0. The molecule has 5 heteroatoms. The minimum atomic E-state index is -0.426. The van der Waals surface area contributed by atoms with E-state index in [0.717, 1.165) is 0 Å². The van der Waals surface area contributed by atoms with Crippen LogP contribution in [0.2, 0.25) is 5.02 Å². The lowest BCUT2D eigenvalue weighted by Crippen LogP contribution is -2.01. The second kappa shape index (κ2) is 4.98. The number of benzene rings is 1. The first-order chi connectivity index (χ1) is 9.67. The maximum absolute atomic E-state index is 11.9. The fraction of sp³-hybridized carbons (Fsp3) is 0.0667. The highest BCUT2D eigenvalue weighted by Crippen LogP contribution is 2.28. The molecule has 0 N–H and O–H groups in total. The van der Waals surface area contributed by atoms with Crippen LogP contribution in [0.5, 0.6) is 5.75 Å². The Morgan fingerprint density at radius 3 is 2.90 bits per heavy atom. The third-order valence-electron chi connectivity index (χ3n) is 2.92. The van der Waals surface area contributed by atoms with Crippen LogP contribution >= 0.6 is 11.6 Å². The molecule has 4 nitrogen and oxygen atoms in total. The Bertz CT molecular complexity index is 842. The SMILES string of the molecule is COc1cc(Cl)cc(-c2cc3ncccc3c(=O)o2)c1. The quantitative estimate of drug-likeness (QED) is 0.724. The molecule has 3 rings (SSSR count). The minimum absolute atomic E-state index is 0.405. The van der Waals surface area contributed by atoms with Gasteiger partial charge in [-0.1, -0.05) is 11.6 Å². The van der Waals surface area contributed by atoms with Gasteiger partial charge in [-0.3, -0.25) is 4.98 Å². The first-order valence-corrected chi connectivity index (χ1v) is 6.29. The zero-order chi connectivity index (χ0) is 14.1. The molecule has 0 saturated heterocycles.